The monoisotopic (exact) mass is 243 g/mol. The summed E-state index contributed by atoms with van der Waals surface area (Å²) in [5, 5.41) is 0. The van der Waals surface area contributed by atoms with E-state index in [-0.39, 0.29) is 12.1 Å². The van der Waals surface area contributed by atoms with E-state index in [1.165, 1.54) is 20.0 Å². The first-order valence-electron chi connectivity index (χ1n) is 6.56. The van der Waals surface area contributed by atoms with E-state index in [0.717, 1.165) is 32.2 Å². The molecule has 0 aromatic heterocycles. The Morgan fingerprint density at radius 2 is 2.35 bits per heavy atom. The summed E-state index contributed by atoms with van der Waals surface area (Å²) in [6.45, 7) is 8.16. The average Bonchev–Trinajstić information content (AvgIpc) is 2.29. The minimum atomic E-state index is -0.182. The topological polar surface area (TPSA) is 38.8 Å². The summed E-state index contributed by atoms with van der Waals surface area (Å²) in [6, 6.07) is 0. The first kappa shape index (κ1) is 14.5. The van der Waals surface area contributed by atoms with Gasteiger partial charge in [0, 0.05) is 19.6 Å². The number of hydrogen-bond acceptors (Lipinski definition) is 4. The molecule has 0 radical (unpaired) electrons. The predicted octanol–water partition coefficient (Wildman–Crippen LogP) is 1.69. The molecule has 1 heterocycles. The van der Waals surface area contributed by atoms with E-state index in [1.807, 2.05) is 0 Å². The van der Waals surface area contributed by atoms with Crippen molar-refractivity contribution in [2.24, 2.45) is 5.92 Å². The molecule has 0 N–H and O–H groups in total. The lowest BCUT2D eigenvalue weighted by Crippen LogP contribution is -2.44. The van der Waals surface area contributed by atoms with Crippen molar-refractivity contribution in [2.45, 2.75) is 39.2 Å². The Hall–Kier alpha value is -0.610. The maximum atomic E-state index is 11.2. The van der Waals surface area contributed by atoms with Crippen molar-refractivity contribution < 1.29 is 14.3 Å². The molecule has 4 heteroatoms. The lowest BCUT2D eigenvalue weighted by Gasteiger charge is -2.34. The first-order chi connectivity index (χ1) is 8.15. The third kappa shape index (κ3) is 5.50. The molecule has 1 rings (SSSR count). The van der Waals surface area contributed by atoms with Gasteiger partial charge in [0.25, 0.3) is 0 Å². The van der Waals surface area contributed by atoms with Crippen LogP contribution in [0.25, 0.3) is 0 Å². The normalized spacial score (nSPS) is 23.4. The lowest BCUT2D eigenvalue weighted by atomic mass is 10.0. The number of ether oxygens (including phenoxy) is 2. The van der Waals surface area contributed by atoms with Crippen LogP contribution in [0.1, 0.15) is 33.1 Å². The first-order valence-corrected chi connectivity index (χ1v) is 6.56. The Labute approximate surface area is 104 Å². The Bertz CT molecular complexity index is 233. The zero-order chi connectivity index (χ0) is 12.7. The lowest BCUT2D eigenvalue weighted by molar-refractivity contribution is -0.145. The van der Waals surface area contributed by atoms with Crippen molar-refractivity contribution in [3.05, 3.63) is 0 Å². The van der Waals surface area contributed by atoms with Gasteiger partial charge in [0.05, 0.1) is 26.2 Å². The predicted molar refractivity (Wildman–Crippen MR) is 66.9 cm³/mol. The van der Waals surface area contributed by atoms with Crippen LogP contribution in [0.4, 0.5) is 0 Å². The van der Waals surface area contributed by atoms with Gasteiger partial charge >= 0.3 is 5.97 Å². The molecule has 17 heavy (non-hydrogen) atoms. The summed E-state index contributed by atoms with van der Waals surface area (Å²) in [6.07, 6.45) is 2.87. The molecule has 4 nitrogen and oxygen atoms in total. The number of nitrogens with zero attached hydrogens (tertiary/aromatic N) is 1. The standard InChI is InChI=1S/C13H25NO3/c1-4-5-11(2)9-14-6-7-17-12(10-14)8-13(15)16-3/h11-12H,4-10H2,1-3H3. The highest BCUT2D eigenvalue weighted by Crippen LogP contribution is 2.13. The molecule has 1 saturated heterocycles. The van der Waals surface area contributed by atoms with Crippen molar-refractivity contribution in [3.63, 3.8) is 0 Å². The summed E-state index contributed by atoms with van der Waals surface area (Å²) in [5.41, 5.74) is 0. The van der Waals surface area contributed by atoms with Gasteiger partial charge < -0.3 is 9.47 Å². The van der Waals surface area contributed by atoms with Gasteiger partial charge in [-0.1, -0.05) is 20.3 Å². The number of esters is 1. The summed E-state index contributed by atoms with van der Waals surface area (Å²) in [5.74, 6) is 0.537. The Kier molecular flexibility index (Phi) is 6.52. The van der Waals surface area contributed by atoms with Crippen LogP contribution in [-0.2, 0) is 14.3 Å². The van der Waals surface area contributed by atoms with Gasteiger partial charge in [0.1, 0.15) is 0 Å². The fourth-order valence-corrected chi connectivity index (χ4v) is 2.36. The quantitative estimate of drug-likeness (QED) is 0.665. The molecular weight excluding hydrogens is 218 g/mol. The second-order valence-corrected chi connectivity index (χ2v) is 4.93. The van der Waals surface area contributed by atoms with Crippen LogP contribution in [0.3, 0.4) is 0 Å². The Balaban J connectivity index is 2.30. The third-order valence-electron chi connectivity index (χ3n) is 3.20. The number of morpholine rings is 1. The van der Waals surface area contributed by atoms with Gasteiger partial charge in [-0.25, -0.2) is 0 Å². The molecule has 1 fully saturated rings. The van der Waals surface area contributed by atoms with Crippen LogP contribution in [0.5, 0.6) is 0 Å². The molecule has 0 aromatic carbocycles. The molecule has 100 valence electrons. The minimum Gasteiger partial charge on any atom is -0.469 e. The highest BCUT2D eigenvalue weighted by atomic mass is 16.5. The molecule has 1 aliphatic rings. The number of carbonyl (C=O) groups is 1. The fourth-order valence-electron chi connectivity index (χ4n) is 2.36. The number of hydrogen-bond donors (Lipinski definition) is 0. The van der Waals surface area contributed by atoms with Gasteiger partial charge in [-0.2, -0.15) is 0 Å². The molecule has 0 bridgehead atoms. The summed E-state index contributed by atoms with van der Waals surface area (Å²) >= 11 is 0. The number of rotatable bonds is 6. The second-order valence-electron chi connectivity index (χ2n) is 4.93. The molecule has 0 spiro atoms. The maximum absolute atomic E-state index is 11.2. The van der Waals surface area contributed by atoms with Gasteiger partial charge in [-0.3, -0.25) is 9.69 Å². The van der Waals surface area contributed by atoms with Crippen LogP contribution < -0.4 is 0 Å². The molecule has 0 amide bonds. The van der Waals surface area contributed by atoms with Gasteiger partial charge in [0.2, 0.25) is 0 Å². The molecular formula is C13H25NO3. The molecule has 0 saturated carbocycles. The van der Waals surface area contributed by atoms with Crippen molar-refractivity contribution in [3.8, 4) is 0 Å². The molecule has 2 atom stereocenters. The van der Waals surface area contributed by atoms with Crippen LogP contribution in [-0.4, -0.2) is 50.3 Å². The van der Waals surface area contributed by atoms with E-state index in [2.05, 4.69) is 23.5 Å². The zero-order valence-electron chi connectivity index (χ0n) is 11.3. The van der Waals surface area contributed by atoms with E-state index in [0.29, 0.717) is 6.42 Å². The van der Waals surface area contributed by atoms with Crippen molar-refractivity contribution in [1.82, 2.24) is 4.90 Å². The van der Waals surface area contributed by atoms with E-state index in [9.17, 15) is 4.79 Å². The van der Waals surface area contributed by atoms with Gasteiger partial charge in [0.15, 0.2) is 0 Å². The number of methoxy groups -OCH3 is 1. The van der Waals surface area contributed by atoms with Crippen LogP contribution in [0.2, 0.25) is 0 Å². The molecule has 2 unspecified atom stereocenters. The second kappa shape index (κ2) is 7.67. The number of carbonyl (C=O) groups excluding carboxylic acids is 1. The SMILES string of the molecule is CCCC(C)CN1CCOC(CC(=O)OC)C1. The van der Waals surface area contributed by atoms with Gasteiger partial charge in [-0.15, -0.1) is 0 Å². The van der Waals surface area contributed by atoms with Crippen LogP contribution in [0, 0.1) is 5.92 Å². The van der Waals surface area contributed by atoms with E-state index < -0.39 is 0 Å². The highest BCUT2D eigenvalue weighted by molar-refractivity contribution is 5.69. The highest BCUT2D eigenvalue weighted by Gasteiger charge is 2.23. The van der Waals surface area contributed by atoms with E-state index in [4.69, 9.17) is 4.74 Å². The Morgan fingerprint density at radius 3 is 3.00 bits per heavy atom. The third-order valence-corrected chi connectivity index (χ3v) is 3.20. The van der Waals surface area contributed by atoms with Crippen molar-refractivity contribution >= 4 is 5.97 Å². The fraction of sp³-hybridized carbons (Fsp3) is 0.923. The van der Waals surface area contributed by atoms with Crippen molar-refractivity contribution in [2.75, 3.05) is 33.4 Å². The van der Waals surface area contributed by atoms with E-state index >= 15 is 0 Å². The molecule has 0 aromatic rings. The molecule has 1 aliphatic heterocycles. The summed E-state index contributed by atoms with van der Waals surface area (Å²) in [4.78, 5) is 13.6. The van der Waals surface area contributed by atoms with Crippen molar-refractivity contribution in [1.29, 1.82) is 0 Å². The zero-order valence-corrected chi connectivity index (χ0v) is 11.3. The Morgan fingerprint density at radius 1 is 1.59 bits per heavy atom. The van der Waals surface area contributed by atoms with Crippen LogP contribution in [0.15, 0.2) is 0 Å². The van der Waals surface area contributed by atoms with E-state index in [1.54, 1.807) is 0 Å². The maximum Gasteiger partial charge on any atom is 0.308 e. The summed E-state index contributed by atoms with van der Waals surface area (Å²) in [7, 11) is 1.42. The largest absolute Gasteiger partial charge is 0.469 e. The minimum absolute atomic E-state index is 0.00465. The average molecular weight is 243 g/mol. The molecule has 0 aliphatic carbocycles. The van der Waals surface area contributed by atoms with Gasteiger partial charge in [-0.05, 0) is 12.3 Å². The van der Waals surface area contributed by atoms with Crippen LogP contribution >= 0.6 is 0 Å². The summed E-state index contributed by atoms with van der Waals surface area (Å²) < 4.78 is 10.3. The smallest absolute Gasteiger partial charge is 0.308 e.